The Morgan fingerprint density at radius 1 is 1.26 bits per heavy atom. The van der Waals surface area contributed by atoms with Gasteiger partial charge in [-0.15, -0.1) is 0 Å². The summed E-state index contributed by atoms with van der Waals surface area (Å²) in [7, 11) is 0. The van der Waals surface area contributed by atoms with Crippen LogP contribution in [0.2, 0.25) is 0 Å². The molecule has 0 aliphatic carbocycles. The fourth-order valence-corrected chi connectivity index (χ4v) is 2.93. The van der Waals surface area contributed by atoms with Gasteiger partial charge in [0, 0.05) is 18.7 Å². The molecule has 1 fully saturated rings. The third-order valence-electron chi connectivity index (χ3n) is 4.38. The molecule has 23 heavy (non-hydrogen) atoms. The molecule has 2 heterocycles. The van der Waals surface area contributed by atoms with Crippen LogP contribution in [-0.4, -0.2) is 36.1 Å². The molecule has 2 N–H and O–H groups in total. The number of ether oxygens (including phenoxy) is 2. The maximum absolute atomic E-state index is 12.4. The Morgan fingerprint density at radius 3 is 2.83 bits per heavy atom. The minimum Gasteiger partial charge on any atom is -0.454 e. The lowest BCUT2D eigenvalue weighted by Crippen LogP contribution is -2.48. The zero-order chi connectivity index (χ0) is 16.4. The number of nitrogens with two attached hydrogens (primary N) is 1. The van der Waals surface area contributed by atoms with Gasteiger partial charge >= 0.3 is 0 Å². The summed E-state index contributed by atoms with van der Waals surface area (Å²) in [4.78, 5) is 25.5. The van der Waals surface area contributed by atoms with Gasteiger partial charge in [0.15, 0.2) is 11.5 Å². The van der Waals surface area contributed by atoms with Crippen molar-refractivity contribution in [2.45, 2.75) is 25.8 Å². The molecule has 3 rings (SSSR count). The molecule has 1 aromatic rings. The number of carbonyl (C=O) groups excluding carboxylic acids is 2. The predicted molar refractivity (Wildman–Crippen MR) is 84.7 cm³/mol. The van der Waals surface area contributed by atoms with Crippen LogP contribution in [0.25, 0.3) is 6.08 Å². The van der Waals surface area contributed by atoms with Gasteiger partial charge in [-0.1, -0.05) is 6.07 Å². The Bertz CT molecular complexity index is 656. The van der Waals surface area contributed by atoms with E-state index in [2.05, 4.69) is 0 Å². The zero-order valence-corrected chi connectivity index (χ0v) is 13.0. The Hall–Kier alpha value is -2.50. The number of likely N-dealkylation sites (tertiary alicyclic amines) is 1. The highest BCUT2D eigenvalue weighted by molar-refractivity contribution is 5.92. The molecule has 1 saturated heterocycles. The fourth-order valence-electron chi connectivity index (χ4n) is 2.93. The lowest BCUT2D eigenvalue weighted by Gasteiger charge is -2.36. The van der Waals surface area contributed by atoms with Gasteiger partial charge in [0.2, 0.25) is 18.6 Å². The Labute approximate surface area is 134 Å². The van der Waals surface area contributed by atoms with Crippen molar-refractivity contribution in [3.8, 4) is 11.5 Å². The first kappa shape index (κ1) is 15.4. The number of fused-ring (bicyclic) bond motifs is 1. The summed E-state index contributed by atoms with van der Waals surface area (Å²) in [5.41, 5.74) is 6.23. The van der Waals surface area contributed by atoms with Gasteiger partial charge < -0.3 is 20.1 Å². The Balaban J connectivity index is 1.69. The van der Waals surface area contributed by atoms with Crippen molar-refractivity contribution in [2.75, 3.05) is 13.3 Å². The highest BCUT2D eigenvalue weighted by atomic mass is 16.7. The van der Waals surface area contributed by atoms with Crippen molar-refractivity contribution in [3.05, 3.63) is 29.8 Å². The highest BCUT2D eigenvalue weighted by Crippen LogP contribution is 2.32. The molecule has 0 saturated carbocycles. The third-order valence-corrected chi connectivity index (χ3v) is 4.38. The number of carbonyl (C=O) groups is 2. The van der Waals surface area contributed by atoms with E-state index < -0.39 is 0 Å². The average Bonchev–Trinajstić information content (AvgIpc) is 3.00. The Morgan fingerprint density at radius 2 is 2.04 bits per heavy atom. The first-order valence-corrected chi connectivity index (χ1v) is 7.72. The minimum atomic E-state index is -0.338. The van der Waals surface area contributed by atoms with Gasteiger partial charge in [-0.3, -0.25) is 9.59 Å². The van der Waals surface area contributed by atoms with Crippen molar-refractivity contribution in [1.82, 2.24) is 4.90 Å². The number of benzene rings is 1. The van der Waals surface area contributed by atoms with Crippen molar-refractivity contribution in [2.24, 2.45) is 11.7 Å². The van der Waals surface area contributed by atoms with E-state index in [4.69, 9.17) is 15.2 Å². The molecule has 1 aromatic carbocycles. The Kier molecular flexibility index (Phi) is 4.23. The number of primary amides is 1. The number of hydrogen-bond acceptors (Lipinski definition) is 4. The van der Waals surface area contributed by atoms with Crippen molar-refractivity contribution in [3.63, 3.8) is 0 Å². The van der Waals surface area contributed by atoms with Crippen molar-refractivity contribution < 1.29 is 19.1 Å². The van der Waals surface area contributed by atoms with E-state index >= 15 is 0 Å². The molecule has 122 valence electrons. The van der Waals surface area contributed by atoms with Crippen LogP contribution in [0.4, 0.5) is 0 Å². The number of rotatable bonds is 3. The summed E-state index contributed by atoms with van der Waals surface area (Å²) in [6.45, 7) is 2.60. The van der Waals surface area contributed by atoms with E-state index in [0.717, 1.165) is 18.4 Å². The molecule has 6 nitrogen and oxygen atoms in total. The maximum atomic E-state index is 12.4. The smallest absolute Gasteiger partial charge is 0.246 e. The van der Waals surface area contributed by atoms with E-state index in [-0.39, 0.29) is 30.6 Å². The van der Waals surface area contributed by atoms with Crippen molar-refractivity contribution in [1.29, 1.82) is 0 Å². The molecule has 0 aromatic heterocycles. The fraction of sp³-hybridized carbons (Fsp3) is 0.412. The highest BCUT2D eigenvalue weighted by Gasteiger charge is 2.30. The van der Waals surface area contributed by atoms with Crippen LogP contribution in [0.15, 0.2) is 24.3 Å². The molecule has 2 aliphatic heterocycles. The van der Waals surface area contributed by atoms with Crippen LogP contribution in [0.5, 0.6) is 11.5 Å². The number of piperidine rings is 1. The molecule has 2 atom stereocenters. The molecule has 2 amide bonds. The first-order valence-electron chi connectivity index (χ1n) is 7.72. The van der Waals surface area contributed by atoms with E-state index in [9.17, 15) is 9.59 Å². The predicted octanol–water partition coefficient (Wildman–Crippen LogP) is 1.54. The molecular weight excluding hydrogens is 296 g/mol. The molecule has 0 bridgehead atoms. The number of nitrogens with zero attached hydrogens (tertiary/aromatic N) is 1. The molecular formula is C17H20N2O4. The summed E-state index contributed by atoms with van der Waals surface area (Å²) in [5, 5.41) is 0. The van der Waals surface area contributed by atoms with Crippen LogP contribution in [0, 0.1) is 5.92 Å². The summed E-state index contributed by atoms with van der Waals surface area (Å²) in [5.74, 6) is 0.687. The second kappa shape index (κ2) is 6.32. The van der Waals surface area contributed by atoms with Crippen LogP contribution in [-0.2, 0) is 9.59 Å². The van der Waals surface area contributed by atoms with Gasteiger partial charge in [-0.05, 0) is 43.5 Å². The standard InChI is InChI=1S/C17H20N2O4/c1-11-2-5-13(17(18)21)9-19(11)16(20)7-4-12-3-6-14-15(8-12)23-10-22-14/h3-4,6-8,11,13H,2,5,9-10H2,1H3,(H2,18,21). The van der Waals surface area contributed by atoms with Gasteiger partial charge in [0.1, 0.15) is 0 Å². The third kappa shape index (κ3) is 3.31. The molecule has 2 unspecified atom stereocenters. The normalized spacial score (nSPS) is 23.3. The molecule has 0 radical (unpaired) electrons. The topological polar surface area (TPSA) is 81.9 Å². The van der Waals surface area contributed by atoms with Crippen molar-refractivity contribution >= 4 is 17.9 Å². The number of amides is 2. The van der Waals surface area contributed by atoms with E-state index in [0.29, 0.717) is 18.0 Å². The first-order chi connectivity index (χ1) is 11.0. The quantitative estimate of drug-likeness (QED) is 0.858. The minimum absolute atomic E-state index is 0.110. The van der Waals surface area contributed by atoms with Gasteiger partial charge in [-0.25, -0.2) is 0 Å². The largest absolute Gasteiger partial charge is 0.454 e. The SMILES string of the molecule is CC1CCC(C(N)=O)CN1C(=O)C=Cc1ccc2c(c1)OCO2. The molecule has 6 heteroatoms. The summed E-state index contributed by atoms with van der Waals surface area (Å²) in [6, 6.07) is 5.62. The van der Waals surface area contributed by atoms with E-state index in [1.807, 2.05) is 25.1 Å². The van der Waals surface area contributed by atoms with Gasteiger partial charge in [0.25, 0.3) is 0 Å². The molecule has 0 spiro atoms. The second-order valence-corrected chi connectivity index (χ2v) is 5.96. The lowest BCUT2D eigenvalue weighted by atomic mass is 9.93. The maximum Gasteiger partial charge on any atom is 0.246 e. The van der Waals surface area contributed by atoms with Gasteiger partial charge in [0.05, 0.1) is 5.92 Å². The average molecular weight is 316 g/mol. The lowest BCUT2D eigenvalue weighted by molar-refractivity contribution is -0.133. The second-order valence-electron chi connectivity index (χ2n) is 5.96. The van der Waals surface area contributed by atoms with Crippen LogP contribution >= 0.6 is 0 Å². The zero-order valence-electron chi connectivity index (χ0n) is 13.0. The van der Waals surface area contributed by atoms with Crippen LogP contribution in [0.1, 0.15) is 25.3 Å². The van der Waals surface area contributed by atoms with Crippen LogP contribution in [0.3, 0.4) is 0 Å². The molecule has 2 aliphatic rings. The van der Waals surface area contributed by atoms with Gasteiger partial charge in [-0.2, -0.15) is 0 Å². The van der Waals surface area contributed by atoms with E-state index in [1.165, 1.54) is 6.08 Å². The van der Waals surface area contributed by atoms with Crippen LogP contribution < -0.4 is 15.2 Å². The summed E-state index contributed by atoms with van der Waals surface area (Å²) >= 11 is 0. The summed E-state index contributed by atoms with van der Waals surface area (Å²) in [6.07, 6.45) is 4.80. The number of hydrogen-bond donors (Lipinski definition) is 1. The summed E-state index contributed by atoms with van der Waals surface area (Å²) < 4.78 is 10.6. The monoisotopic (exact) mass is 316 g/mol. The van der Waals surface area contributed by atoms with E-state index in [1.54, 1.807) is 11.0 Å².